The van der Waals surface area contributed by atoms with Gasteiger partial charge in [-0.2, -0.15) is 0 Å². The summed E-state index contributed by atoms with van der Waals surface area (Å²) in [6, 6.07) is 16.9. The molecule has 1 unspecified atom stereocenters. The first kappa shape index (κ1) is 18.2. The van der Waals surface area contributed by atoms with Crippen molar-refractivity contribution in [3.8, 4) is 0 Å². The Kier molecular flexibility index (Phi) is 4.16. The number of hydrogen-bond acceptors (Lipinski definition) is 3. The van der Waals surface area contributed by atoms with Gasteiger partial charge in [-0.1, -0.05) is 18.2 Å². The molecule has 29 heavy (non-hydrogen) atoms. The van der Waals surface area contributed by atoms with E-state index in [9.17, 15) is 14.0 Å². The van der Waals surface area contributed by atoms with Crippen LogP contribution in [0.15, 0.2) is 66.9 Å². The van der Waals surface area contributed by atoms with E-state index in [4.69, 9.17) is 0 Å². The number of halogens is 2. The van der Waals surface area contributed by atoms with Crippen LogP contribution in [0, 0.1) is 9.39 Å². The third-order valence-electron chi connectivity index (χ3n) is 5.54. The number of nitrogens with zero attached hydrogens (tertiary/aromatic N) is 3. The number of benzene rings is 2. The number of amides is 2. The molecule has 0 saturated carbocycles. The van der Waals surface area contributed by atoms with Gasteiger partial charge in [-0.25, -0.2) is 4.39 Å². The standard InChI is InChI=1S/C22H15FIN3O2/c23-16-7-3-14(4-8-16)20(28)26-12-13-27-21(29)19-18(2-1-11-25-19)22(26,27)15-5-9-17(24)10-6-15/h1-11H,12-13H2. The topological polar surface area (TPSA) is 53.5 Å². The number of pyridine rings is 1. The summed E-state index contributed by atoms with van der Waals surface area (Å²) in [5.41, 5.74) is 1.20. The number of hydrogen-bond donors (Lipinski definition) is 0. The maximum Gasteiger partial charge on any atom is 0.275 e. The summed E-state index contributed by atoms with van der Waals surface area (Å²) in [7, 11) is 0. The lowest BCUT2D eigenvalue weighted by Crippen LogP contribution is -2.51. The molecule has 2 amide bonds. The molecule has 1 aromatic heterocycles. The number of aromatic nitrogens is 1. The van der Waals surface area contributed by atoms with Gasteiger partial charge in [0, 0.05) is 39.5 Å². The summed E-state index contributed by atoms with van der Waals surface area (Å²) < 4.78 is 14.4. The van der Waals surface area contributed by atoms with Crippen molar-refractivity contribution in [2.75, 3.05) is 13.1 Å². The molecule has 1 atom stereocenters. The van der Waals surface area contributed by atoms with Gasteiger partial charge in [0.05, 0.1) is 0 Å². The molecule has 5 rings (SSSR count). The zero-order valence-corrected chi connectivity index (χ0v) is 17.3. The van der Waals surface area contributed by atoms with Gasteiger partial charge in [-0.15, -0.1) is 0 Å². The molecule has 0 aliphatic carbocycles. The summed E-state index contributed by atoms with van der Waals surface area (Å²) in [5, 5.41) is 0. The largest absolute Gasteiger partial charge is 0.306 e. The van der Waals surface area contributed by atoms with E-state index in [-0.39, 0.29) is 11.8 Å². The number of carbonyl (C=O) groups excluding carboxylic acids is 2. The van der Waals surface area contributed by atoms with E-state index in [2.05, 4.69) is 27.6 Å². The highest BCUT2D eigenvalue weighted by molar-refractivity contribution is 14.1. The average molecular weight is 499 g/mol. The summed E-state index contributed by atoms with van der Waals surface area (Å²) in [6.45, 7) is 0.774. The fraction of sp³-hybridized carbons (Fsp3) is 0.136. The van der Waals surface area contributed by atoms with Crippen LogP contribution in [0.25, 0.3) is 0 Å². The lowest BCUT2D eigenvalue weighted by atomic mass is 9.91. The third kappa shape index (κ3) is 2.53. The first-order valence-corrected chi connectivity index (χ1v) is 10.2. The summed E-state index contributed by atoms with van der Waals surface area (Å²) in [4.78, 5) is 34.4. The highest BCUT2D eigenvalue weighted by Gasteiger charge is 2.60. The molecule has 0 bridgehead atoms. The maximum atomic E-state index is 13.5. The van der Waals surface area contributed by atoms with E-state index in [1.165, 1.54) is 24.3 Å². The van der Waals surface area contributed by atoms with Gasteiger partial charge in [0.15, 0.2) is 5.66 Å². The summed E-state index contributed by atoms with van der Waals surface area (Å²) >= 11 is 2.22. The van der Waals surface area contributed by atoms with Crippen LogP contribution in [-0.2, 0) is 5.66 Å². The van der Waals surface area contributed by atoms with Gasteiger partial charge < -0.3 is 9.80 Å². The molecule has 2 aliphatic heterocycles. The van der Waals surface area contributed by atoms with Gasteiger partial charge in [0.2, 0.25) is 0 Å². The Balaban J connectivity index is 1.74. The van der Waals surface area contributed by atoms with Crippen LogP contribution in [0.4, 0.5) is 4.39 Å². The van der Waals surface area contributed by atoms with E-state index < -0.39 is 11.5 Å². The fourth-order valence-electron chi connectivity index (χ4n) is 4.34. The highest BCUT2D eigenvalue weighted by Crippen LogP contribution is 2.49. The molecule has 1 saturated heterocycles. The van der Waals surface area contributed by atoms with Crippen LogP contribution in [0.1, 0.15) is 32.0 Å². The number of carbonyl (C=O) groups is 2. The molecule has 3 heterocycles. The molecule has 7 heteroatoms. The van der Waals surface area contributed by atoms with Gasteiger partial charge >= 0.3 is 0 Å². The summed E-state index contributed by atoms with van der Waals surface area (Å²) in [6.07, 6.45) is 1.59. The van der Waals surface area contributed by atoms with Crippen molar-refractivity contribution >= 4 is 34.4 Å². The quantitative estimate of drug-likeness (QED) is 0.507. The predicted molar refractivity (Wildman–Crippen MR) is 113 cm³/mol. The monoisotopic (exact) mass is 499 g/mol. The molecule has 0 radical (unpaired) electrons. The zero-order valence-electron chi connectivity index (χ0n) is 15.2. The second-order valence-electron chi connectivity index (χ2n) is 7.00. The van der Waals surface area contributed by atoms with Crippen LogP contribution >= 0.6 is 22.6 Å². The number of fused-ring (bicyclic) bond motifs is 3. The molecule has 5 nitrogen and oxygen atoms in total. The molecule has 2 aliphatic rings. The lowest BCUT2D eigenvalue weighted by molar-refractivity contribution is 0.0374. The Labute approximate surface area is 180 Å². The minimum atomic E-state index is -1.06. The van der Waals surface area contributed by atoms with Gasteiger partial charge in [0.25, 0.3) is 11.8 Å². The van der Waals surface area contributed by atoms with Crippen molar-refractivity contribution in [1.82, 2.24) is 14.8 Å². The molecule has 1 fully saturated rings. The van der Waals surface area contributed by atoms with Crippen molar-refractivity contribution < 1.29 is 14.0 Å². The molecular weight excluding hydrogens is 484 g/mol. The third-order valence-corrected chi connectivity index (χ3v) is 6.26. The normalized spacial score (nSPS) is 20.0. The fourth-order valence-corrected chi connectivity index (χ4v) is 4.70. The van der Waals surface area contributed by atoms with Gasteiger partial charge in [-0.05, 0) is 65.1 Å². The molecule has 0 N–H and O–H groups in total. The minimum Gasteiger partial charge on any atom is -0.306 e. The minimum absolute atomic E-state index is 0.187. The first-order chi connectivity index (χ1) is 14.0. The molecular formula is C22H15FIN3O2. The zero-order chi connectivity index (χ0) is 20.2. The van der Waals surface area contributed by atoms with Crippen molar-refractivity contribution in [1.29, 1.82) is 0 Å². The summed E-state index contributed by atoms with van der Waals surface area (Å²) in [5.74, 6) is -0.841. The van der Waals surface area contributed by atoms with E-state index in [0.29, 0.717) is 29.9 Å². The van der Waals surface area contributed by atoms with E-state index in [1.807, 2.05) is 30.3 Å². The van der Waals surface area contributed by atoms with Crippen LogP contribution in [0.2, 0.25) is 0 Å². The molecule has 2 aromatic carbocycles. The smallest absolute Gasteiger partial charge is 0.275 e. The Hall–Kier alpha value is -2.81. The second-order valence-corrected chi connectivity index (χ2v) is 8.24. The Morgan fingerprint density at radius 2 is 1.76 bits per heavy atom. The van der Waals surface area contributed by atoms with Gasteiger partial charge in [0.1, 0.15) is 11.5 Å². The predicted octanol–water partition coefficient (Wildman–Crippen LogP) is 3.64. The van der Waals surface area contributed by atoms with Crippen molar-refractivity contribution in [3.63, 3.8) is 0 Å². The SMILES string of the molecule is O=C(c1ccc(F)cc1)N1CCN2C(=O)c3ncccc3C12c1ccc(I)cc1. The Morgan fingerprint density at radius 3 is 2.48 bits per heavy atom. The molecule has 0 spiro atoms. The van der Waals surface area contributed by atoms with Crippen LogP contribution in [-0.4, -0.2) is 39.7 Å². The van der Waals surface area contributed by atoms with Crippen LogP contribution < -0.4 is 0 Å². The average Bonchev–Trinajstić information content (AvgIpc) is 3.25. The van der Waals surface area contributed by atoms with Gasteiger partial charge in [-0.3, -0.25) is 14.6 Å². The Morgan fingerprint density at radius 1 is 1.03 bits per heavy atom. The maximum absolute atomic E-state index is 13.5. The van der Waals surface area contributed by atoms with Crippen molar-refractivity contribution in [2.24, 2.45) is 0 Å². The van der Waals surface area contributed by atoms with Crippen LogP contribution in [0.3, 0.4) is 0 Å². The number of rotatable bonds is 2. The van der Waals surface area contributed by atoms with Crippen molar-refractivity contribution in [3.05, 3.63) is 98.6 Å². The second kappa shape index (κ2) is 6.62. The Bertz CT molecular complexity index is 1130. The lowest BCUT2D eigenvalue weighted by Gasteiger charge is -2.40. The first-order valence-electron chi connectivity index (χ1n) is 9.14. The highest BCUT2D eigenvalue weighted by atomic mass is 127. The molecule has 3 aromatic rings. The molecule has 144 valence electrons. The van der Waals surface area contributed by atoms with E-state index >= 15 is 0 Å². The van der Waals surface area contributed by atoms with Crippen molar-refractivity contribution in [2.45, 2.75) is 5.66 Å². The van der Waals surface area contributed by atoms with E-state index in [0.717, 1.165) is 9.13 Å². The van der Waals surface area contributed by atoms with E-state index in [1.54, 1.807) is 22.1 Å². The van der Waals surface area contributed by atoms with Crippen LogP contribution in [0.5, 0.6) is 0 Å².